The Hall–Kier alpha value is -1.16. The molecular weight excluding hydrogens is 174 g/mol. The predicted octanol–water partition coefficient (Wildman–Crippen LogP) is 0.777. The molecule has 12 heavy (non-hydrogen) atoms. The summed E-state index contributed by atoms with van der Waals surface area (Å²) in [4.78, 5) is 22.4. The van der Waals surface area contributed by atoms with E-state index in [2.05, 4.69) is 5.32 Å². The van der Waals surface area contributed by atoms with Gasteiger partial charge in [-0.05, 0) is 11.4 Å². The van der Waals surface area contributed by atoms with Gasteiger partial charge in [0.1, 0.15) is 12.2 Å². The lowest BCUT2D eigenvalue weighted by Crippen LogP contribution is -2.25. The molecule has 0 radical (unpaired) electrons. The maximum absolute atomic E-state index is 11.1. The number of likely N-dealkylation sites (N-methyl/N-ethyl adjacent to an activating group) is 1. The third-order valence-electron chi connectivity index (χ3n) is 1.51. The summed E-state index contributed by atoms with van der Waals surface area (Å²) in [6.07, 6.45) is 0.657. The maximum atomic E-state index is 11.1. The molecular formula is C8H9NO2S. The van der Waals surface area contributed by atoms with Crippen molar-refractivity contribution in [1.29, 1.82) is 0 Å². The zero-order valence-electron chi connectivity index (χ0n) is 6.61. The van der Waals surface area contributed by atoms with E-state index in [-0.39, 0.29) is 5.91 Å². The van der Waals surface area contributed by atoms with Crippen molar-refractivity contribution in [2.24, 2.45) is 0 Å². The molecule has 0 aliphatic heterocycles. The van der Waals surface area contributed by atoms with Gasteiger partial charge in [0.05, 0.1) is 0 Å². The monoisotopic (exact) mass is 183 g/mol. The van der Waals surface area contributed by atoms with Crippen molar-refractivity contribution in [3.05, 3.63) is 22.4 Å². The first kappa shape index (κ1) is 8.93. The third kappa shape index (κ3) is 1.71. The molecule has 1 heterocycles. The molecule has 1 rings (SSSR count). The Morgan fingerprint density at radius 1 is 1.75 bits per heavy atom. The van der Waals surface area contributed by atoms with Gasteiger partial charge in [0.15, 0.2) is 0 Å². The lowest BCUT2D eigenvalue weighted by atomic mass is 10.1. The summed E-state index contributed by atoms with van der Waals surface area (Å²) < 4.78 is 0. The van der Waals surface area contributed by atoms with Crippen LogP contribution in [0.25, 0.3) is 0 Å². The predicted molar refractivity (Wildman–Crippen MR) is 47.2 cm³/mol. The molecule has 1 amide bonds. The number of hydrogen-bond donors (Lipinski definition) is 1. The van der Waals surface area contributed by atoms with Crippen molar-refractivity contribution >= 4 is 23.5 Å². The van der Waals surface area contributed by atoms with Crippen molar-refractivity contribution in [3.63, 3.8) is 0 Å². The SMILES string of the molecule is CNC(=O)C(C=O)c1cccs1. The highest BCUT2D eigenvalue weighted by atomic mass is 32.1. The van der Waals surface area contributed by atoms with Crippen LogP contribution in [-0.4, -0.2) is 19.2 Å². The number of rotatable bonds is 3. The van der Waals surface area contributed by atoms with E-state index in [0.717, 1.165) is 4.88 Å². The Bertz CT molecular complexity index is 269. The molecule has 0 bridgehead atoms. The molecule has 3 nitrogen and oxygen atoms in total. The van der Waals surface area contributed by atoms with Gasteiger partial charge in [0.25, 0.3) is 0 Å². The summed E-state index contributed by atoms with van der Waals surface area (Å²) in [7, 11) is 1.52. The molecule has 0 saturated heterocycles. The molecule has 1 aromatic rings. The molecule has 0 aliphatic carbocycles. The van der Waals surface area contributed by atoms with Crippen LogP contribution >= 0.6 is 11.3 Å². The summed E-state index contributed by atoms with van der Waals surface area (Å²) in [6, 6.07) is 3.60. The van der Waals surface area contributed by atoms with Crippen molar-refractivity contribution in [1.82, 2.24) is 5.32 Å². The summed E-state index contributed by atoms with van der Waals surface area (Å²) in [5, 5.41) is 4.28. The minimum atomic E-state index is -0.644. The van der Waals surface area contributed by atoms with Gasteiger partial charge in [-0.25, -0.2) is 0 Å². The van der Waals surface area contributed by atoms with E-state index in [0.29, 0.717) is 6.29 Å². The van der Waals surface area contributed by atoms with Gasteiger partial charge in [-0.15, -0.1) is 11.3 Å². The molecule has 1 atom stereocenters. The van der Waals surface area contributed by atoms with E-state index in [1.165, 1.54) is 18.4 Å². The summed E-state index contributed by atoms with van der Waals surface area (Å²) in [6.45, 7) is 0. The van der Waals surface area contributed by atoms with Crippen LogP contribution in [0.2, 0.25) is 0 Å². The standard InChI is InChI=1S/C8H9NO2S/c1-9-8(11)6(5-10)7-3-2-4-12-7/h2-6H,1H3,(H,9,11). The lowest BCUT2D eigenvalue weighted by molar-refractivity contribution is -0.125. The van der Waals surface area contributed by atoms with E-state index in [1.54, 1.807) is 6.07 Å². The molecule has 1 aromatic heterocycles. The smallest absolute Gasteiger partial charge is 0.235 e. The van der Waals surface area contributed by atoms with Crippen molar-refractivity contribution < 1.29 is 9.59 Å². The summed E-state index contributed by atoms with van der Waals surface area (Å²) in [5.41, 5.74) is 0. The summed E-state index contributed by atoms with van der Waals surface area (Å²) >= 11 is 1.41. The topological polar surface area (TPSA) is 46.2 Å². The molecule has 0 spiro atoms. The minimum absolute atomic E-state index is 0.257. The van der Waals surface area contributed by atoms with Crippen LogP contribution in [0.4, 0.5) is 0 Å². The third-order valence-corrected chi connectivity index (χ3v) is 2.47. The van der Waals surface area contributed by atoms with Crippen LogP contribution in [0.15, 0.2) is 17.5 Å². The average Bonchev–Trinajstić information content (AvgIpc) is 2.58. The van der Waals surface area contributed by atoms with Gasteiger partial charge < -0.3 is 10.1 Å². The molecule has 1 unspecified atom stereocenters. The molecule has 0 aromatic carbocycles. The Labute approximate surface area is 74.4 Å². The highest BCUT2D eigenvalue weighted by molar-refractivity contribution is 7.10. The van der Waals surface area contributed by atoms with Crippen LogP contribution in [0.3, 0.4) is 0 Å². The van der Waals surface area contributed by atoms with Gasteiger partial charge in [-0.1, -0.05) is 6.07 Å². The highest BCUT2D eigenvalue weighted by Crippen LogP contribution is 2.19. The molecule has 0 aliphatic rings. The zero-order valence-corrected chi connectivity index (χ0v) is 7.43. The second kappa shape index (κ2) is 4.01. The lowest BCUT2D eigenvalue weighted by Gasteiger charge is -2.04. The van der Waals surface area contributed by atoms with Crippen LogP contribution < -0.4 is 5.32 Å². The first-order valence-corrected chi connectivity index (χ1v) is 4.38. The number of thiophene rings is 1. The Morgan fingerprint density at radius 3 is 2.92 bits per heavy atom. The number of carbonyl (C=O) groups excluding carboxylic acids is 2. The minimum Gasteiger partial charge on any atom is -0.358 e. The number of carbonyl (C=O) groups is 2. The first-order valence-electron chi connectivity index (χ1n) is 3.50. The van der Waals surface area contributed by atoms with Crippen molar-refractivity contribution in [3.8, 4) is 0 Å². The zero-order chi connectivity index (χ0) is 8.97. The fraction of sp³-hybridized carbons (Fsp3) is 0.250. The highest BCUT2D eigenvalue weighted by Gasteiger charge is 2.18. The van der Waals surface area contributed by atoms with E-state index >= 15 is 0 Å². The molecule has 64 valence electrons. The normalized spacial score (nSPS) is 12.1. The van der Waals surface area contributed by atoms with Crippen LogP contribution in [0, 0.1) is 0 Å². The molecule has 4 heteroatoms. The van der Waals surface area contributed by atoms with Crippen LogP contribution in [0.5, 0.6) is 0 Å². The average molecular weight is 183 g/mol. The Kier molecular flexibility index (Phi) is 2.99. The van der Waals surface area contributed by atoms with E-state index in [9.17, 15) is 9.59 Å². The number of nitrogens with one attached hydrogen (secondary N) is 1. The van der Waals surface area contributed by atoms with Crippen LogP contribution in [-0.2, 0) is 9.59 Å². The van der Waals surface area contributed by atoms with Crippen molar-refractivity contribution in [2.75, 3.05) is 7.05 Å². The van der Waals surface area contributed by atoms with Crippen LogP contribution in [0.1, 0.15) is 10.8 Å². The van der Waals surface area contributed by atoms with E-state index in [4.69, 9.17) is 0 Å². The number of hydrogen-bond acceptors (Lipinski definition) is 3. The van der Waals surface area contributed by atoms with Crippen molar-refractivity contribution in [2.45, 2.75) is 5.92 Å². The number of amides is 1. The largest absolute Gasteiger partial charge is 0.358 e. The Morgan fingerprint density at radius 2 is 2.50 bits per heavy atom. The maximum Gasteiger partial charge on any atom is 0.235 e. The van der Waals surface area contributed by atoms with Gasteiger partial charge >= 0.3 is 0 Å². The van der Waals surface area contributed by atoms with Gasteiger partial charge in [0.2, 0.25) is 5.91 Å². The quantitative estimate of drug-likeness (QED) is 0.556. The van der Waals surface area contributed by atoms with Gasteiger partial charge in [-0.2, -0.15) is 0 Å². The number of aldehydes is 1. The fourth-order valence-electron chi connectivity index (χ4n) is 0.882. The molecule has 0 fully saturated rings. The second-order valence-corrected chi connectivity index (χ2v) is 3.22. The first-order chi connectivity index (χ1) is 5.79. The van der Waals surface area contributed by atoms with Gasteiger partial charge in [-0.3, -0.25) is 4.79 Å². The molecule has 1 N–H and O–H groups in total. The summed E-state index contributed by atoms with van der Waals surface area (Å²) in [5.74, 6) is -0.901. The second-order valence-electron chi connectivity index (χ2n) is 2.24. The van der Waals surface area contributed by atoms with E-state index in [1.807, 2.05) is 11.4 Å². The Balaban J connectivity index is 2.83. The van der Waals surface area contributed by atoms with Gasteiger partial charge in [0, 0.05) is 11.9 Å². The fourth-order valence-corrected chi connectivity index (χ4v) is 1.66. The molecule has 0 saturated carbocycles. The van der Waals surface area contributed by atoms with E-state index < -0.39 is 5.92 Å².